The first-order valence-corrected chi connectivity index (χ1v) is 7.32. The summed E-state index contributed by atoms with van der Waals surface area (Å²) in [5.74, 6) is 1.65. The van der Waals surface area contributed by atoms with E-state index in [-0.39, 0.29) is 0 Å². The maximum absolute atomic E-state index is 4.57. The van der Waals surface area contributed by atoms with Crippen LogP contribution in [0.3, 0.4) is 0 Å². The largest absolute Gasteiger partial charge is 0.366 e. The molecule has 0 atom stereocenters. The summed E-state index contributed by atoms with van der Waals surface area (Å²) in [7, 11) is 0. The number of rotatable bonds is 5. The Labute approximate surface area is 129 Å². The van der Waals surface area contributed by atoms with Gasteiger partial charge in [-0.25, -0.2) is 9.97 Å². The summed E-state index contributed by atoms with van der Waals surface area (Å²) in [6.45, 7) is 4.73. The van der Waals surface area contributed by atoms with Gasteiger partial charge < -0.3 is 5.32 Å². The Kier molecular flexibility index (Phi) is 4.14. The fourth-order valence-corrected chi connectivity index (χ4v) is 2.37. The van der Waals surface area contributed by atoms with E-state index < -0.39 is 0 Å². The lowest BCUT2D eigenvalue weighted by molar-refractivity contribution is 0.955. The molecule has 0 saturated carbocycles. The Bertz CT molecular complexity index is 729. The van der Waals surface area contributed by atoms with Gasteiger partial charge in [0, 0.05) is 30.4 Å². The van der Waals surface area contributed by atoms with Gasteiger partial charge in [-0.2, -0.15) is 5.10 Å². The first-order chi connectivity index (χ1) is 10.7. The van der Waals surface area contributed by atoms with E-state index in [9.17, 15) is 0 Å². The second kappa shape index (κ2) is 6.39. The molecule has 0 saturated heterocycles. The smallest absolute Gasteiger partial charge is 0.135 e. The van der Waals surface area contributed by atoms with E-state index in [1.54, 1.807) is 6.20 Å². The van der Waals surface area contributed by atoms with E-state index in [0.717, 1.165) is 29.5 Å². The van der Waals surface area contributed by atoms with Crippen LogP contribution in [-0.2, 0) is 13.0 Å². The van der Waals surface area contributed by atoms with Crippen LogP contribution in [0.15, 0.2) is 42.6 Å². The summed E-state index contributed by atoms with van der Waals surface area (Å²) in [5.41, 5.74) is 4.50. The molecule has 0 amide bonds. The van der Waals surface area contributed by atoms with Crippen molar-refractivity contribution in [3.05, 3.63) is 70.9 Å². The zero-order valence-corrected chi connectivity index (χ0v) is 12.8. The second-order valence-electron chi connectivity index (χ2n) is 5.29. The van der Waals surface area contributed by atoms with Crippen molar-refractivity contribution in [1.82, 2.24) is 20.2 Å². The van der Waals surface area contributed by atoms with Gasteiger partial charge in [-0.3, -0.25) is 5.10 Å². The van der Waals surface area contributed by atoms with Crippen molar-refractivity contribution in [2.45, 2.75) is 26.8 Å². The van der Waals surface area contributed by atoms with Gasteiger partial charge in [0.25, 0.3) is 0 Å². The zero-order valence-electron chi connectivity index (χ0n) is 12.8. The van der Waals surface area contributed by atoms with Gasteiger partial charge in [-0.05, 0) is 25.5 Å². The maximum atomic E-state index is 4.57. The Morgan fingerprint density at radius 2 is 1.91 bits per heavy atom. The number of nitrogens with zero attached hydrogens (tertiary/aromatic N) is 3. The van der Waals surface area contributed by atoms with Crippen molar-refractivity contribution in [3.8, 4) is 0 Å². The molecule has 0 unspecified atom stereocenters. The highest BCUT2D eigenvalue weighted by Crippen LogP contribution is 2.13. The number of hydrogen-bond acceptors (Lipinski definition) is 4. The summed E-state index contributed by atoms with van der Waals surface area (Å²) < 4.78 is 0. The molecule has 22 heavy (non-hydrogen) atoms. The third kappa shape index (κ3) is 3.31. The molecule has 5 nitrogen and oxygen atoms in total. The lowest BCUT2D eigenvalue weighted by atomic mass is 10.1. The highest BCUT2D eigenvalue weighted by Gasteiger charge is 2.07. The van der Waals surface area contributed by atoms with Crippen molar-refractivity contribution in [2.75, 3.05) is 5.32 Å². The normalized spacial score (nSPS) is 10.6. The van der Waals surface area contributed by atoms with Crippen LogP contribution in [0.5, 0.6) is 0 Å². The fourth-order valence-electron chi connectivity index (χ4n) is 2.37. The number of anilines is 1. The van der Waals surface area contributed by atoms with E-state index in [0.29, 0.717) is 6.54 Å². The molecule has 3 aromatic rings. The minimum absolute atomic E-state index is 0.704. The molecular formula is C17H19N5. The average Bonchev–Trinajstić information content (AvgIpc) is 2.85. The van der Waals surface area contributed by atoms with Crippen molar-refractivity contribution in [3.63, 3.8) is 0 Å². The van der Waals surface area contributed by atoms with E-state index in [2.05, 4.69) is 37.6 Å². The van der Waals surface area contributed by atoms with Crippen molar-refractivity contribution in [2.24, 2.45) is 0 Å². The molecule has 2 aromatic heterocycles. The number of hydrogen-bond donors (Lipinski definition) is 2. The predicted molar refractivity (Wildman–Crippen MR) is 86.7 cm³/mol. The van der Waals surface area contributed by atoms with Gasteiger partial charge in [-0.15, -0.1) is 0 Å². The lowest BCUT2D eigenvalue weighted by Gasteiger charge is -2.07. The number of nitrogens with one attached hydrogen (secondary N) is 2. The first kappa shape index (κ1) is 14.3. The first-order valence-electron chi connectivity index (χ1n) is 7.32. The minimum Gasteiger partial charge on any atom is -0.366 e. The number of aromatic nitrogens is 4. The molecule has 2 heterocycles. The Balaban J connectivity index is 1.69. The summed E-state index contributed by atoms with van der Waals surface area (Å²) in [6, 6.07) is 12.1. The van der Waals surface area contributed by atoms with Crippen LogP contribution in [0.4, 0.5) is 5.82 Å². The molecule has 2 N–H and O–H groups in total. The van der Waals surface area contributed by atoms with Crippen LogP contribution in [0.1, 0.15) is 28.3 Å². The molecule has 112 valence electrons. The van der Waals surface area contributed by atoms with E-state index in [4.69, 9.17) is 0 Å². The standard InChI is InChI=1S/C17H19N5/c1-12-15(13(2)22-21-12)11-19-16-8-9-18-17(20-16)10-14-6-4-3-5-7-14/h3-9H,10-11H2,1-2H3,(H,21,22)(H,18,19,20). The monoisotopic (exact) mass is 293 g/mol. The fraction of sp³-hybridized carbons (Fsp3) is 0.235. The molecule has 3 rings (SSSR count). The molecule has 0 aliphatic heterocycles. The highest BCUT2D eigenvalue weighted by atomic mass is 15.1. The molecule has 5 heteroatoms. The van der Waals surface area contributed by atoms with Crippen LogP contribution >= 0.6 is 0 Å². The van der Waals surface area contributed by atoms with E-state index in [1.165, 1.54) is 11.1 Å². The second-order valence-corrected chi connectivity index (χ2v) is 5.29. The molecule has 0 aliphatic carbocycles. The third-order valence-electron chi connectivity index (χ3n) is 3.64. The average molecular weight is 293 g/mol. The van der Waals surface area contributed by atoms with Gasteiger partial charge in [0.15, 0.2) is 0 Å². The van der Waals surface area contributed by atoms with Gasteiger partial charge in [0.05, 0.1) is 5.69 Å². The minimum atomic E-state index is 0.704. The molecule has 0 aliphatic rings. The van der Waals surface area contributed by atoms with Gasteiger partial charge in [0.1, 0.15) is 11.6 Å². The molecule has 0 fully saturated rings. The summed E-state index contributed by atoms with van der Waals surface area (Å²) in [6.07, 6.45) is 2.53. The third-order valence-corrected chi connectivity index (χ3v) is 3.64. The van der Waals surface area contributed by atoms with Crippen molar-refractivity contribution in [1.29, 1.82) is 0 Å². The summed E-state index contributed by atoms with van der Waals surface area (Å²) in [5, 5.41) is 10.5. The molecule has 0 bridgehead atoms. The predicted octanol–water partition coefficient (Wildman–Crippen LogP) is 3.02. The van der Waals surface area contributed by atoms with Gasteiger partial charge in [0.2, 0.25) is 0 Å². The topological polar surface area (TPSA) is 66.5 Å². The molecule has 0 radical (unpaired) electrons. The summed E-state index contributed by atoms with van der Waals surface area (Å²) >= 11 is 0. The molecule has 1 aromatic carbocycles. The van der Waals surface area contributed by atoms with Gasteiger partial charge in [-0.1, -0.05) is 30.3 Å². The van der Waals surface area contributed by atoms with Crippen LogP contribution in [0, 0.1) is 13.8 Å². The molecular weight excluding hydrogens is 274 g/mol. The number of aromatic amines is 1. The van der Waals surface area contributed by atoms with Crippen LogP contribution in [0.2, 0.25) is 0 Å². The highest BCUT2D eigenvalue weighted by molar-refractivity contribution is 5.36. The molecule has 0 spiro atoms. The van der Waals surface area contributed by atoms with E-state index >= 15 is 0 Å². The maximum Gasteiger partial charge on any atom is 0.135 e. The van der Waals surface area contributed by atoms with Crippen molar-refractivity contribution >= 4 is 5.82 Å². The van der Waals surface area contributed by atoms with Crippen LogP contribution in [-0.4, -0.2) is 20.2 Å². The summed E-state index contributed by atoms with van der Waals surface area (Å²) in [4.78, 5) is 8.92. The number of H-pyrrole nitrogens is 1. The quantitative estimate of drug-likeness (QED) is 0.759. The number of benzene rings is 1. The Morgan fingerprint density at radius 1 is 1.09 bits per heavy atom. The Hall–Kier alpha value is -2.69. The zero-order chi connectivity index (χ0) is 15.4. The SMILES string of the molecule is Cc1n[nH]c(C)c1CNc1ccnc(Cc2ccccc2)n1. The van der Waals surface area contributed by atoms with E-state index in [1.807, 2.05) is 38.1 Å². The van der Waals surface area contributed by atoms with Crippen molar-refractivity contribution < 1.29 is 0 Å². The van der Waals surface area contributed by atoms with Crippen LogP contribution < -0.4 is 5.32 Å². The van der Waals surface area contributed by atoms with Gasteiger partial charge >= 0.3 is 0 Å². The number of aryl methyl sites for hydroxylation is 2. The van der Waals surface area contributed by atoms with Crippen LogP contribution in [0.25, 0.3) is 0 Å². The lowest BCUT2D eigenvalue weighted by Crippen LogP contribution is -2.05. The Morgan fingerprint density at radius 3 is 2.64 bits per heavy atom.